The van der Waals surface area contributed by atoms with Crippen molar-refractivity contribution < 1.29 is 24.8 Å². The van der Waals surface area contributed by atoms with Gasteiger partial charge in [-0.2, -0.15) is 9.97 Å². The predicted molar refractivity (Wildman–Crippen MR) is 69.3 cm³/mol. The maximum absolute atomic E-state index is 10.0. The first-order valence-electron chi connectivity index (χ1n) is 6.22. The minimum absolute atomic E-state index is 0.0487. The lowest BCUT2D eigenvalue weighted by Crippen LogP contribution is -2.50. The summed E-state index contributed by atoms with van der Waals surface area (Å²) < 4.78 is 11.7. The van der Waals surface area contributed by atoms with Crippen LogP contribution in [0.1, 0.15) is 6.23 Å². The van der Waals surface area contributed by atoms with Gasteiger partial charge in [0.05, 0.1) is 20.0 Å². The van der Waals surface area contributed by atoms with Gasteiger partial charge < -0.3 is 30.5 Å². The first-order chi connectivity index (χ1) is 10.0. The van der Waals surface area contributed by atoms with Gasteiger partial charge in [0, 0.05) is 0 Å². The van der Waals surface area contributed by atoms with Crippen molar-refractivity contribution in [3.63, 3.8) is 0 Å². The Labute approximate surface area is 118 Å². The molecular formula is C11H15N5O5. The molecule has 21 heavy (non-hydrogen) atoms. The molecule has 1 aliphatic heterocycles. The summed E-state index contributed by atoms with van der Waals surface area (Å²) >= 11 is 0. The van der Waals surface area contributed by atoms with Crippen molar-refractivity contribution in [3.05, 3.63) is 6.33 Å². The predicted octanol–water partition coefficient (Wildman–Crippen LogP) is -1.97. The number of aliphatic hydroxyl groups excluding tert-OH is 3. The van der Waals surface area contributed by atoms with Crippen molar-refractivity contribution >= 4 is 17.0 Å². The van der Waals surface area contributed by atoms with E-state index in [1.165, 1.54) is 18.0 Å². The highest BCUT2D eigenvalue weighted by molar-refractivity contribution is 5.82. The maximum Gasteiger partial charge on any atom is 0.320 e. The van der Waals surface area contributed by atoms with Gasteiger partial charge in [-0.15, -0.1) is 0 Å². The second kappa shape index (κ2) is 5.07. The highest BCUT2D eigenvalue weighted by Gasteiger charge is 2.39. The lowest BCUT2D eigenvalue weighted by Gasteiger charge is -2.35. The second-order valence-electron chi connectivity index (χ2n) is 4.69. The number of hydrogen-bond acceptors (Lipinski definition) is 9. The van der Waals surface area contributed by atoms with Crippen LogP contribution in [-0.2, 0) is 4.74 Å². The molecule has 10 nitrogen and oxygen atoms in total. The Morgan fingerprint density at radius 3 is 2.81 bits per heavy atom. The summed E-state index contributed by atoms with van der Waals surface area (Å²) in [6.07, 6.45) is -3.41. The molecule has 10 heteroatoms. The molecule has 0 radical (unpaired) electrons. The molecular weight excluding hydrogens is 282 g/mol. The Hall–Kier alpha value is -2.01. The second-order valence-corrected chi connectivity index (χ2v) is 4.69. The SMILES string of the molecule is COc1nc(N)c2ncn([C@@H]3OC[C@@H](O)[C@@H](O)[C@@H]3O)c2n1. The molecule has 0 unspecified atom stereocenters. The number of aromatic nitrogens is 4. The van der Waals surface area contributed by atoms with Crippen molar-refractivity contribution in [2.75, 3.05) is 19.5 Å². The summed E-state index contributed by atoms with van der Waals surface area (Å²) in [5.41, 5.74) is 6.38. The number of aliphatic hydroxyl groups is 3. The highest BCUT2D eigenvalue weighted by Crippen LogP contribution is 2.28. The lowest BCUT2D eigenvalue weighted by atomic mass is 10.0. The Morgan fingerprint density at radius 1 is 1.33 bits per heavy atom. The number of nitrogen functional groups attached to an aromatic ring is 1. The summed E-state index contributed by atoms with van der Waals surface area (Å²) in [5, 5.41) is 29.3. The van der Waals surface area contributed by atoms with E-state index in [1.54, 1.807) is 0 Å². The van der Waals surface area contributed by atoms with Crippen LogP contribution in [0.3, 0.4) is 0 Å². The molecule has 0 aromatic carbocycles. The van der Waals surface area contributed by atoms with Gasteiger partial charge in [-0.1, -0.05) is 0 Å². The zero-order valence-electron chi connectivity index (χ0n) is 11.1. The summed E-state index contributed by atoms with van der Waals surface area (Å²) in [6, 6.07) is 0.0487. The number of nitrogens with two attached hydrogens (primary N) is 1. The first kappa shape index (κ1) is 13.9. The van der Waals surface area contributed by atoms with E-state index in [0.29, 0.717) is 11.2 Å². The van der Waals surface area contributed by atoms with E-state index in [-0.39, 0.29) is 18.4 Å². The molecule has 4 atom stereocenters. The van der Waals surface area contributed by atoms with Crippen molar-refractivity contribution in [2.45, 2.75) is 24.5 Å². The molecule has 0 amide bonds. The average Bonchev–Trinajstić information content (AvgIpc) is 2.89. The van der Waals surface area contributed by atoms with Gasteiger partial charge in [-0.25, -0.2) is 4.98 Å². The fourth-order valence-corrected chi connectivity index (χ4v) is 2.23. The number of hydrogen-bond donors (Lipinski definition) is 4. The zero-order chi connectivity index (χ0) is 15.1. The lowest BCUT2D eigenvalue weighted by molar-refractivity contribution is -0.210. The maximum atomic E-state index is 10.0. The molecule has 1 aliphatic rings. The van der Waals surface area contributed by atoms with Gasteiger partial charge in [-0.3, -0.25) is 4.57 Å². The van der Waals surface area contributed by atoms with E-state index in [4.69, 9.17) is 15.2 Å². The molecule has 0 aliphatic carbocycles. The van der Waals surface area contributed by atoms with Crippen LogP contribution in [0.25, 0.3) is 11.2 Å². The summed E-state index contributed by atoms with van der Waals surface area (Å²) in [5.74, 6) is 0.126. The number of ether oxygens (including phenoxy) is 2. The number of methoxy groups -OCH3 is 1. The van der Waals surface area contributed by atoms with E-state index >= 15 is 0 Å². The molecule has 0 bridgehead atoms. The van der Waals surface area contributed by atoms with E-state index in [1.807, 2.05) is 0 Å². The Morgan fingerprint density at radius 2 is 2.10 bits per heavy atom. The van der Waals surface area contributed by atoms with Gasteiger partial charge in [0.25, 0.3) is 0 Å². The van der Waals surface area contributed by atoms with Crippen molar-refractivity contribution in [1.29, 1.82) is 0 Å². The van der Waals surface area contributed by atoms with E-state index in [2.05, 4.69) is 15.0 Å². The van der Waals surface area contributed by atoms with E-state index in [0.717, 1.165) is 0 Å². The molecule has 114 valence electrons. The fourth-order valence-electron chi connectivity index (χ4n) is 2.23. The van der Waals surface area contributed by atoms with Gasteiger partial charge in [0.15, 0.2) is 23.2 Å². The molecule has 0 saturated carbocycles. The van der Waals surface area contributed by atoms with Crippen LogP contribution in [0.4, 0.5) is 5.82 Å². The summed E-state index contributed by atoms with van der Waals surface area (Å²) in [6.45, 7) is -0.125. The first-order valence-corrected chi connectivity index (χ1v) is 6.22. The van der Waals surface area contributed by atoms with Crippen LogP contribution in [0.2, 0.25) is 0 Å². The van der Waals surface area contributed by atoms with Gasteiger partial charge in [-0.05, 0) is 0 Å². The largest absolute Gasteiger partial charge is 0.467 e. The molecule has 1 fully saturated rings. The van der Waals surface area contributed by atoms with Crippen molar-refractivity contribution in [3.8, 4) is 6.01 Å². The Bertz CT molecular complexity index is 662. The minimum Gasteiger partial charge on any atom is -0.467 e. The highest BCUT2D eigenvalue weighted by atomic mass is 16.5. The summed E-state index contributed by atoms with van der Waals surface area (Å²) in [4.78, 5) is 12.1. The molecule has 1 saturated heterocycles. The molecule has 3 heterocycles. The standard InChI is InChI=1S/C11H15N5O5/c1-20-11-14-8(12)5-9(15-11)16(3-13-5)10-7(19)6(18)4(17)2-21-10/h3-4,6-7,10,17-19H,2H2,1H3,(H2,12,14,15)/t4-,6-,7+,10-/m1/s1. The van der Waals surface area contributed by atoms with Crippen LogP contribution < -0.4 is 10.5 Å². The third kappa shape index (κ3) is 2.17. The molecule has 2 aromatic heterocycles. The topological polar surface area (TPSA) is 149 Å². The van der Waals surface area contributed by atoms with E-state index < -0.39 is 24.5 Å². The molecule has 5 N–H and O–H groups in total. The van der Waals surface area contributed by atoms with Crippen LogP contribution in [0.5, 0.6) is 6.01 Å². The van der Waals surface area contributed by atoms with Crippen molar-refractivity contribution in [1.82, 2.24) is 19.5 Å². The van der Waals surface area contributed by atoms with Crippen LogP contribution >= 0.6 is 0 Å². The van der Waals surface area contributed by atoms with Gasteiger partial charge in [0.1, 0.15) is 18.3 Å². The molecule has 2 aromatic rings. The molecule has 3 rings (SSSR count). The summed E-state index contributed by atoms with van der Waals surface area (Å²) in [7, 11) is 1.40. The van der Waals surface area contributed by atoms with Crippen LogP contribution in [0.15, 0.2) is 6.33 Å². The van der Waals surface area contributed by atoms with E-state index in [9.17, 15) is 15.3 Å². The molecule has 0 spiro atoms. The van der Waals surface area contributed by atoms with Crippen LogP contribution in [0, 0.1) is 0 Å². The third-order valence-corrected chi connectivity index (χ3v) is 3.36. The van der Waals surface area contributed by atoms with Gasteiger partial charge >= 0.3 is 6.01 Å². The number of nitrogens with zero attached hydrogens (tertiary/aromatic N) is 4. The van der Waals surface area contributed by atoms with Gasteiger partial charge in [0.2, 0.25) is 0 Å². The van der Waals surface area contributed by atoms with Crippen LogP contribution in [-0.4, -0.2) is 66.9 Å². The number of anilines is 1. The Kier molecular flexibility index (Phi) is 3.37. The smallest absolute Gasteiger partial charge is 0.320 e. The minimum atomic E-state index is -1.34. The van der Waals surface area contributed by atoms with Crippen molar-refractivity contribution in [2.24, 2.45) is 0 Å². The normalized spacial score (nSPS) is 29.7. The fraction of sp³-hybridized carbons (Fsp3) is 0.545. The Balaban J connectivity index is 2.06. The quantitative estimate of drug-likeness (QED) is 0.495. The number of fused-ring (bicyclic) bond motifs is 1. The monoisotopic (exact) mass is 297 g/mol. The zero-order valence-corrected chi connectivity index (χ0v) is 11.1. The average molecular weight is 297 g/mol. The number of rotatable bonds is 2. The number of imidazole rings is 1. The third-order valence-electron chi connectivity index (χ3n) is 3.36.